The van der Waals surface area contributed by atoms with E-state index in [1.54, 1.807) is 9.80 Å². The first-order valence-electron chi connectivity index (χ1n) is 9.00. The number of nitrogens with one attached hydrogen (secondary N) is 2. The summed E-state index contributed by atoms with van der Waals surface area (Å²) in [7, 11) is 0. The zero-order chi connectivity index (χ0) is 18.5. The second kappa shape index (κ2) is 5.95. The Morgan fingerprint density at radius 1 is 1.15 bits per heavy atom. The average molecular weight is 365 g/mol. The highest BCUT2D eigenvalue weighted by Crippen LogP contribution is 2.25. The Kier molecular flexibility index (Phi) is 3.54. The molecule has 3 aromatic rings. The van der Waals surface area contributed by atoms with Crippen LogP contribution in [0.25, 0.3) is 10.9 Å². The molecule has 3 N–H and O–H groups in total. The lowest BCUT2D eigenvalue weighted by Gasteiger charge is -2.35. The van der Waals surface area contributed by atoms with Gasteiger partial charge < -0.3 is 19.9 Å². The number of benzene rings is 1. The Labute approximate surface area is 154 Å². The molecule has 0 saturated carbocycles. The highest BCUT2D eigenvalue weighted by molar-refractivity contribution is 5.99. The molecule has 2 aromatic heterocycles. The number of aromatic amines is 2. The first-order valence-corrected chi connectivity index (χ1v) is 9.00. The van der Waals surface area contributed by atoms with E-state index in [-0.39, 0.29) is 11.8 Å². The van der Waals surface area contributed by atoms with Crippen molar-refractivity contribution in [1.82, 2.24) is 25.0 Å². The van der Waals surface area contributed by atoms with E-state index in [9.17, 15) is 14.7 Å². The van der Waals surface area contributed by atoms with E-state index in [2.05, 4.69) is 15.2 Å². The Balaban J connectivity index is 1.39. The van der Waals surface area contributed by atoms with Gasteiger partial charge in [-0.3, -0.25) is 14.7 Å². The third kappa shape index (κ3) is 2.60. The molecule has 2 aliphatic heterocycles. The van der Waals surface area contributed by atoms with Crippen LogP contribution in [-0.2, 0) is 13.0 Å². The lowest BCUT2D eigenvalue weighted by molar-refractivity contribution is 0.00535. The first kappa shape index (κ1) is 16.1. The Morgan fingerprint density at radius 2 is 1.96 bits per heavy atom. The number of hydrogen-bond acceptors (Lipinski definition) is 4. The third-order valence-corrected chi connectivity index (χ3v) is 5.33. The van der Waals surface area contributed by atoms with Crippen LogP contribution in [0.15, 0.2) is 30.3 Å². The van der Waals surface area contributed by atoms with Crippen LogP contribution >= 0.6 is 0 Å². The van der Waals surface area contributed by atoms with Crippen molar-refractivity contribution in [2.45, 2.75) is 19.1 Å². The molecule has 138 valence electrons. The predicted octanol–water partition coefficient (Wildman–Crippen LogP) is 0.906. The van der Waals surface area contributed by atoms with Crippen LogP contribution in [0.4, 0.5) is 0 Å². The van der Waals surface area contributed by atoms with Gasteiger partial charge in [-0.2, -0.15) is 5.10 Å². The number of amides is 2. The lowest BCUT2D eigenvalue weighted by Crippen LogP contribution is -2.53. The van der Waals surface area contributed by atoms with Gasteiger partial charge in [0.1, 0.15) is 5.69 Å². The Bertz CT molecular complexity index is 1010. The number of β-amino-alcohol motifs (C(OH)–C–C–N with tert-alkyl or cyclic N) is 1. The molecule has 0 radical (unpaired) electrons. The summed E-state index contributed by atoms with van der Waals surface area (Å²) in [5, 5.41) is 17.5. The second-order valence-electron chi connectivity index (χ2n) is 7.14. The fraction of sp³-hybridized carbons (Fsp3) is 0.316. The maximum absolute atomic E-state index is 13.0. The smallest absolute Gasteiger partial charge is 0.274 e. The normalized spacial score (nSPS) is 17.1. The molecule has 0 atom stereocenters. The average Bonchev–Trinajstić information content (AvgIpc) is 3.27. The molecular formula is C19H19N5O3. The molecule has 27 heavy (non-hydrogen) atoms. The summed E-state index contributed by atoms with van der Waals surface area (Å²) in [6.45, 7) is 1.58. The minimum absolute atomic E-state index is 0.0872. The topological polar surface area (TPSA) is 105 Å². The van der Waals surface area contributed by atoms with E-state index in [0.29, 0.717) is 44.0 Å². The molecule has 2 aliphatic rings. The zero-order valence-corrected chi connectivity index (χ0v) is 14.6. The van der Waals surface area contributed by atoms with Crippen LogP contribution in [0.3, 0.4) is 0 Å². The van der Waals surface area contributed by atoms with Crippen molar-refractivity contribution in [2.24, 2.45) is 0 Å². The van der Waals surface area contributed by atoms with Crippen molar-refractivity contribution in [3.63, 3.8) is 0 Å². The summed E-state index contributed by atoms with van der Waals surface area (Å²) >= 11 is 0. The minimum Gasteiger partial charge on any atom is -0.389 e. The van der Waals surface area contributed by atoms with E-state index in [4.69, 9.17) is 0 Å². The molecule has 1 saturated heterocycles. The zero-order valence-electron chi connectivity index (χ0n) is 14.6. The van der Waals surface area contributed by atoms with Crippen molar-refractivity contribution in [2.75, 3.05) is 19.6 Å². The summed E-state index contributed by atoms with van der Waals surface area (Å²) in [5.74, 6) is -0.284. The van der Waals surface area contributed by atoms with Gasteiger partial charge in [-0.1, -0.05) is 18.2 Å². The largest absolute Gasteiger partial charge is 0.389 e. The summed E-state index contributed by atoms with van der Waals surface area (Å²) in [5.41, 5.74) is 3.50. The number of hydrogen-bond donors (Lipinski definition) is 3. The molecule has 1 aromatic carbocycles. The van der Waals surface area contributed by atoms with Crippen LogP contribution in [0, 0.1) is 0 Å². The standard InChI is InChI=1S/C19H19N5O3/c25-12-8-24(9-12)19(27)17-13-10-23(6-5-15(13)21-22-17)18(26)16-7-11-3-1-2-4-14(11)20-16/h1-4,7,12,20,25H,5-6,8-10H2,(H,21,22). The summed E-state index contributed by atoms with van der Waals surface area (Å²) in [4.78, 5) is 32.0. The molecule has 0 unspecified atom stereocenters. The number of aromatic nitrogens is 3. The van der Waals surface area contributed by atoms with Gasteiger partial charge in [-0.15, -0.1) is 0 Å². The van der Waals surface area contributed by atoms with Gasteiger partial charge in [0.05, 0.1) is 12.6 Å². The number of H-pyrrole nitrogens is 2. The summed E-state index contributed by atoms with van der Waals surface area (Å²) < 4.78 is 0. The maximum Gasteiger partial charge on any atom is 0.274 e. The molecule has 0 spiro atoms. The molecule has 5 rings (SSSR count). The SMILES string of the molecule is O=C(c1cc2ccccc2[nH]1)N1CCc2[nH]nc(C(=O)N3CC(O)C3)c2C1. The molecule has 8 heteroatoms. The van der Waals surface area contributed by atoms with Crippen LogP contribution in [0.1, 0.15) is 32.2 Å². The van der Waals surface area contributed by atoms with E-state index in [0.717, 1.165) is 22.2 Å². The monoisotopic (exact) mass is 365 g/mol. The highest BCUT2D eigenvalue weighted by atomic mass is 16.3. The van der Waals surface area contributed by atoms with Crippen LogP contribution < -0.4 is 0 Å². The van der Waals surface area contributed by atoms with Crippen molar-refractivity contribution in [3.05, 3.63) is 53.0 Å². The number of fused-ring (bicyclic) bond motifs is 2. The minimum atomic E-state index is -0.455. The predicted molar refractivity (Wildman–Crippen MR) is 97.2 cm³/mol. The molecule has 1 fully saturated rings. The van der Waals surface area contributed by atoms with Crippen LogP contribution in [0.2, 0.25) is 0 Å². The molecule has 0 bridgehead atoms. The van der Waals surface area contributed by atoms with Gasteiger partial charge in [0, 0.05) is 48.2 Å². The van der Waals surface area contributed by atoms with E-state index in [1.165, 1.54) is 0 Å². The van der Waals surface area contributed by atoms with Gasteiger partial charge in [-0.05, 0) is 12.1 Å². The fourth-order valence-corrected chi connectivity index (χ4v) is 3.78. The maximum atomic E-state index is 13.0. The second-order valence-corrected chi connectivity index (χ2v) is 7.14. The number of para-hydroxylation sites is 1. The number of nitrogens with zero attached hydrogens (tertiary/aromatic N) is 3. The van der Waals surface area contributed by atoms with Crippen LogP contribution in [-0.4, -0.2) is 67.6 Å². The number of rotatable bonds is 2. The van der Waals surface area contributed by atoms with Crippen molar-refractivity contribution in [1.29, 1.82) is 0 Å². The molecular weight excluding hydrogens is 346 g/mol. The quantitative estimate of drug-likeness (QED) is 0.628. The van der Waals surface area contributed by atoms with Gasteiger partial charge in [0.25, 0.3) is 11.8 Å². The van der Waals surface area contributed by atoms with Crippen molar-refractivity contribution >= 4 is 22.7 Å². The molecule has 4 heterocycles. The van der Waals surface area contributed by atoms with Crippen molar-refractivity contribution in [3.8, 4) is 0 Å². The number of likely N-dealkylation sites (tertiary alicyclic amines) is 1. The molecule has 8 nitrogen and oxygen atoms in total. The van der Waals surface area contributed by atoms with Crippen LogP contribution in [0.5, 0.6) is 0 Å². The van der Waals surface area contributed by atoms with E-state index >= 15 is 0 Å². The fourth-order valence-electron chi connectivity index (χ4n) is 3.78. The van der Waals surface area contributed by atoms with Gasteiger partial charge >= 0.3 is 0 Å². The number of aliphatic hydroxyl groups excluding tert-OH is 1. The van der Waals surface area contributed by atoms with E-state index in [1.807, 2.05) is 30.3 Å². The first-order chi connectivity index (χ1) is 13.1. The van der Waals surface area contributed by atoms with Gasteiger partial charge in [0.15, 0.2) is 5.69 Å². The Hall–Kier alpha value is -3.13. The summed E-state index contributed by atoms with van der Waals surface area (Å²) in [6, 6.07) is 9.63. The van der Waals surface area contributed by atoms with Gasteiger partial charge in [-0.25, -0.2) is 0 Å². The van der Waals surface area contributed by atoms with Crippen molar-refractivity contribution < 1.29 is 14.7 Å². The summed E-state index contributed by atoms with van der Waals surface area (Å²) in [6.07, 6.45) is 0.174. The molecule has 0 aliphatic carbocycles. The number of aliphatic hydroxyl groups is 1. The van der Waals surface area contributed by atoms with Gasteiger partial charge in [0.2, 0.25) is 0 Å². The molecule has 2 amide bonds. The third-order valence-electron chi connectivity index (χ3n) is 5.33. The highest BCUT2D eigenvalue weighted by Gasteiger charge is 2.35. The number of carbonyl (C=O) groups excluding carboxylic acids is 2. The lowest BCUT2D eigenvalue weighted by atomic mass is 10.0. The Morgan fingerprint density at radius 3 is 2.74 bits per heavy atom. The van der Waals surface area contributed by atoms with E-state index < -0.39 is 6.10 Å². The number of carbonyl (C=O) groups is 2.